The molecule has 5 heteroatoms. The van der Waals surface area contributed by atoms with E-state index >= 15 is 0 Å². The maximum atomic E-state index is 12.5. The summed E-state index contributed by atoms with van der Waals surface area (Å²) in [6, 6.07) is 3.90. The highest BCUT2D eigenvalue weighted by molar-refractivity contribution is 5.86. The number of carbonyl (C=O) groups is 1. The van der Waals surface area contributed by atoms with E-state index in [2.05, 4.69) is 6.92 Å². The molecule has 1 aliphatic carbocycles. The van der Waals surface area contributed by atoms with Crippen LogP contribution in [0.15, 0.2) is 21.3 Å². The summed E-state index contributed by atoms with van der Waals surface area (Å²) in [5.41, 5.74) is 3.15. The van der Waals surface area contributed by atoms with E-state index < -0.39 is 0 Å². The first kappa shape index (κ1) is 19.0. The van der Waals surface area contributed by atoms with Gasteiger partial charge in [0.1, 0.15) is 11.3 Å². The summed E-state index contributed by atoms with van der Waals surface area (Å²) in [6.07, 6.45) is 7.24. The van der Waals surface area contributed by atoms with Crippen molar-refractivity contribution in [3.05, 3.63) is 39.2 Å². The van der Waals surface area contributed by atoms with Gasteiger partial charge >= 0.3 is 5.63 Å². The summed E-state index contributed by atoms with van der Waals surface area (Å²) in [7, 11) is 0. The van der Waals surface area contributed by atoms with Crippen LogP contribution in [0.4, 0.5) is 0 Å². The van der Waals surface area contributed by atoms with Gasteiger partial charge in [0.15, 0.2) is 6.61 Å². The van der Waals surface area contributed by atoms with Crippen LogP contribution in [-0.2, 0) is 17.6 Å². The third-order valence-electron chi connectivity index (χ3n) is 6.20. The molecular weight excluding hydrogens is 354 g/mol. The first-order valence-electron chi connectivity index (χ1n) is 10.5. The summed E-state index contributed by atoms with van der Waals surface area (Å²) in [5.74, 6) is 1.18. The predicted octanol–water partition coefficient (Wildman–Crippen LogP) is 4.01. The first-order valence-corrected chi connectivity index (χ1v) is 10.5. The maximum Gasteiger partial charge on any atom is 0.339 e. The lowest BCUT2D eigenvalue weighted by molar-refractivity contribution is -0.135. The Morgan fingerprint density at radius 2 is 1.96 bits per heavy atom. The predicted molar refractivity (Wildman–Crippen MR) is 109 cm³/mol. The van der Waals surface area contributed by atoms with Crippen LogP contribution in [0.1, 0.15) is 55.7 Å². The Morgan fingerprint density at radius 3 is 2.75 bits per heavy atom. The fourth-order valence-electron chi connectivity index (χ4n) is 4.60. The molecule has 2 aliphatic rings. The van der Waals surface area contributed by atoms with Gasteiger partial charge in [0.25, 0.3) is 5.91 Å². The maximum absolute atomic E-state index is 12.5. The lowest BCUT2D eigenvalue weighted by atomic mass is 9.98. The van der Waals surface area contributed by atoms with Crippen LogP contribution in [-0.4, -0.2) is 30.5 Å². The zero-order valence-electron chi connectivity index (χ0n) is 16.9. The minimum absolute atomic E-state index is 0.0221. The molecule has 1 amide bonds. The number of fused-ring (bicyclic) bond motifs is 3. The van der Waals surface area contributed by atoms with E-state index in [9.17, 15) is 9.59 Å². The molecule has 1 atom stereocenters. The lowest BCUT2D eigenvalue weighted by Crippen LogP contribution is -2.41. The quantitative estimate of drug-likeness (QED) is 0.594. The van der Waals surface area contributed by atoms with Gasteiger partial charge in [0.05, 0.1) is 0 Å². The molecule has 0 radical (unpaired) electrons. The summed E-state index contributed by atoms with van der Waals surface area (Å²) >= 11 is 0. The van der Waals surface area contributed by atoms with E-state index in [0.29, 0.717) is 17.3 Å². The fourth-order valence-corrected chi connectivity index (χ4v) is 4.60. The molecule has 1 aromatic carbocycles. The van der Waals surface area contributed by atoms with Crippen LogP contribution in [0.2, 0.25) is 0 Å². The number of rotatable bonds is 3. The highest BCUT2D eigenvalue weighted by Crippen LogP contribution is 2.32. The van der Waals surface area contributed by atoms with Gasteiger partial charge in [-0.3, -0.25) is 4.79 Å². The number of amides is 1. The Bertz CT molecular complexity index is 946. The number of aryl methyl sites for hydroxylation is 2. The number of benzene rings is 1. The van der Waals surface area contributed by atoms with Gasteiger partial charge < -0.3 is 14.1 Å². The van der Waals surface area contributed by atoms with E-state index in [-0.39, 0.29) is 18.1 Å². The van der Waals surface area contributed by atoms with Crippen molar-refractivity contribution in [2.45, 2.75) is 58.8 Å². The standard InChI is InChI=1S/C23H29NO4/c1-15-7-6-12-24(13-15)21(25)14-27-20-11-10-18-17-8-4-3-5-9-19(17)23(26)28-22(18)16(20)2/h10-11,15H,3-9,12-14H2,1-2H3/t15-/m0/s1. The molecule has 2 heterocycles. The van der Waals surface area contributed by atoms with Crippen LogP contribution in [0.25, 0.3) is 11.0 Å². The molecule has 2 aromatic rings. The number of likely N-dealkylation sites (tertiary alicyclic amines) is 1. The Kier molecular flexibility index (Phi) is 5.42. The van der Waals surface area contributed by atoms with E-state index in [1.807, 2.05) is 24.0 Å². The molecule has 0 bridgehead atoms. The summed E-state index contributed by atoms with van der Waals surface area (Å²) < 4.78 is 11.5. The highest BCUT2D eigenvalue weighted by Gasteiger charge is 2.22. The number of nitrogens with zero attached hydrogens (tertiary/aromatic N) is 1. The van der Waals surface area contributed by atoms with E-state index in [1.54, 1.807) is 0 Å². The Morgan fingerprint density at radius 1 is 1.18 bits per heavy atom. The third-order valence-corrected chi connectivity index (χ3v) is 6.20. The second-order valence-corrected chi connectivity index (χ2v) is 8.35. The van der Waals surface area contributed by atoms with Gasteiger partial charge in [-0.15, -0.1) is 0 Å². The van der Waals surface area contributed by atoms with Gasteiger partial charge in [0, 0.05) is 29.6 Å². The monoisotopic (exact) mass is 383 g/mol. The second-order valence-electron chi connectivity index (χ2n) is 8.35. The summed E-state index contributed by atoms with van der Waals surface area (Å²) in [4.78, 5) is 26.9. The van der Waals surface area contributed by atoms with Crippen LogP contribution in [0.3, 0.4) is 0 Å². The smallest absolute Gasteiger partial charge is 0.339 e. The molecule has 0 spiro atoms. The number of carbonyl (C=O) groups excluding carboxylic acids is 1. The van der Waals surface area contributed by atoms with Crippen molar-refractivity contribution in [1.29, 1.82) is 0 Å². The lowest BCUT2D eigenvalue weighted by Gasteiger charge is -2.30. The van der Waals surface area contributed by atoms with Crippen molar-refractivity contribution in [3.63, 3.8) is 0 Å². The average Bonchev–Trinajstić information content (AvgIpc) is 2.95. The minimum atomic E-state index is -0.219. The van der Waals surface area contributed by atoms with Crippen LogP contribution in [0, 0.1) is 12.8 Å². The van der Waals surface area contributed by atoms with Crippen LogP contribution in [0.5, 0.6) is 5.75 Å². The molecule has 5 nitrogen and oxygen atoms in total. The molecule has 1 aliphatic heterocycles. The molecule has 4 rings (SSSR count). The Labute approximate surface area is 165 Å². The van der Waals surface area contributed by atoms with Crippen LogP contribution < -0.4 is 10.4 Å². The molecule has 1 fully saturated rings. The zero-order valence-corrected chi connectivity index (χ0v) is 16.9. The third kappa shape index (κ3) is 3.67. The van der Waals surface area contributed by atoms with E-state index in [4.69, 9.17) is 9.15 Å². The zero-order chi connectivity index (χ0) is 19.7. The van der Waals surface area contributed by atoms with Crippen molar-refractivity contribution in [2.24, 2.45) is 5.92 Å². The van der Waals surface area contributed by atoms with Gasteiger partial charge in [-0.1, -0.05) is 13.3 Å². The van der Waals surface area contributed by atoms with Crippen molar-refractivity contribution in [1.82, 2.24) is 4.90 Å². The topological polar surface area (TPSA) is 59.8 Å². The van der Waals surface area contributed by atoms with E-state index in [0.717, 1.165) is 73.7 Å². The van der Waals surface area contributed by atoms with Gasteiger partial charge in [-0.2, -0.15) is 0 Å². The number of ether oxygens (including phenoxy) is 1. The molecule has 0 N–H and O–H groups in total. The van der Waals surface area contributed by atoms with Crippen molar-refractivity contribution in [2.75, 3.05) is 19.7 Å². The summed E-state index contributed by atoms with van der Waals surface area (Å²) in [5, 5.41) is 1.01. The average molecular weight is 383 g/mol. The van der Waals surface area contributed by atoms with Gasteiger partial charge in [-0.05, 0) is 69.1 Å². The largest absolute Gasteiger partial charge is 0.483 e. The molecule has 1 saturated heterocycles. The van der Waals surface area contributed by atoms with Gasteiger partial charge in [0.2, 0.25) is 0 Å². The summed E-state index contributed by atoms with van der Waals surface area (Å²) in [6.45, 7) is 5.72. The number of hydrogen-bond donors (Lipinski definition) is 0. The minimum Gasteiger partial charge on any atom is -0.483 e. The van der Waals surface area contributed by atoms with Crippen molar-refractivity contribution in [3.8, 4) is 5.75 Å². The molecular formula is C23H29NO4. The highest BCUT2D eigenvalue weighted by atomic mass is 16.5. The second kappa shape index (κ2) is 7.98. The molecule has 150 valence electrons. The SMILES string of the molecule is Cc1c(OCC(=O)N2CCC[C@H](C)C2)ccc2c3c(c(=O)oc12)CCCCC3. The Hall–Kier alpha value is -2.30. The fraction of sp³-hybridized carbons (Fsp3) is 0.565. The number of piperidine rings is 1. The van der Waals surface area contributed by atoms with Crippen molar-refractivity contribution >= 4 is 16.9 Å². The molecule has 1 aromatic heterocycles. The van der Waals surface area contributed by atoms with Crippen LogP contribution >= 0.6 is 0 Å². The Balaban J connectivity index is 1.58. The normalized spacial score (nSPS) is 19.9. The van der Waals surface area contributed by atoms with Crippen molar-refractivity contribution < 1.29 is 13.9 Å². The molecule has 0 saturated carbocycles. The van der Waals surface area contributed by atoms with Gasteiger partial charge in [-0.25, -0.2) is 4.79 Å². The first-order chi connectivity index (χ1) is 13.5. The number of hydrogen-bond acceptors (Lipinski definition) is 4. The molecule has 28 heavy (non-hydrogen) atoms. The molecule has 0 unspecified atom stereocenters. The van der Waals surface area contributed by atoms with E-state index in [1.165, 1.54) is 6.42 Å².